The summed E-state index contributed by atoms with van der Waals surface area (Å²) in [5, 5.41) is 3.08. The van der Waals surface area contributed by atoms with Crippen LogP contribution in [0.3, 0.4) is 0 Å². The molecule has 0 aliphatic rings. The van der Waals surface area contributed by atoms with E-state index in [2.05, 4.69) is 22.5 Å². The van der Waals surface area contributed by atoms with Gasteiger partial charge >= 0.3 is 0 Å². The van der Waals surface area contributed by atoms with Crippen molar-refractivity contribution in [3.05, 3.63) is 58.4 Å². The van der Waals surface area contributed by atoms with Crippen LogP contribution < -0.4 is 5.73 Å². The van der Waals surface area contributed by atoms with Gasteiger partial charge in [-0.05, 0) is 29.6 Å². The van der Waals surface area contributed by atoms with E-state index in [0.717, 1.165) is 35.2 Å². The number of nitrogens with two attached hydrogens (primary N) is 1. The predicted octanol–water partition coefficient (Wildman–Crippen LogP) is 3.64. The summed E-state index contributed by atoms with van der Waals surface area (Å²) in [6.07, 6.45) is 2.74. The highest BCUT2D eigenvalue weighted by Gasteiger charge is 2.05. The Labute approximate surface area is 122 Å². The van der Waals surface area contributed by atoms with Gasteiger partial charge in [-0.15, -0.1) is 11.3 Å². The first-order chi connectivity index (χ1) is 9.84. The third kappa shape index (κ3) is 2.81. The standard InChI is InChI=1S/C16H16N2OS/c17-15-6-5-12(16-14(15)4-1-8-18-16)11-19-9-7-13-3-2-10-20-13/h1-6,8,10H,7,9,11,17H2. The van der Waals surface area contributed by atoms with Crippen molar-refractivity contribution in [3.63, 3.8) is 0 Å². The molecule has 1 aromatic carbocycles. The summed E-state index contributed by atoms with van der Waals surface area (Å²) in [7, 11) is 0. The number of anilines is 1. The first-order valence-corrected chi connectivity index (χ1v) is 7.45. The number of nitrogen functional groups attached to an aromatic ring is 1. The van der Waals surface area contributed by atoms with Crippen LogP contribution in [0.25, 0.3) is 10.9 Å². The lowest BCUT2D eigenvalue weighted by atomic mass is 10.1. The maximum Gasteiger partial charge on any atom is 0.0777 e. The van der Waals surface area contributed by atoms with Crippen LogP contribution in [-0.4, -0.2) is 11.6 Å². The molecular formula is C16H16N2OS. The average molecular weight is 284 g/mol. The van der Waals surface area contributed by atoms with Gasteiger partial charge in [0.2, 0.25) is 0 Å². The van der Waals surface area contributed by atoms with E-state index < -0.39 is 0 Å². The highest BCUT2D eigenvalue weighted by molar-refractivity contribution is 7.09. The molecular weight excluding hydrogens is 268 g/mol. The molecule has 0 spiro atoms. The molecule has 3 aromatic rings. The second-order valence-electron chi connectivity index (χ2n) is 4.60. The minimum atomic E-state index is 0.569. The molecule has 0 fully saturated rings. The van der Waals surface area contributed by atoms with Crippen LogP contribution in [-0.2, 0) is 17.8 Å². The molecule has 0 unspecified atom stereocenters. The molecule has 2 heterocycles. The minimum absolute atomic E-state index is 0.569. The van der Waals surface area contributed by atoms with Crippen molar-refractivity contribution >= 4 is 27.9 Å². The zero-order chi connectivity index (χ0) is 13.8. The monoisotopic (exact) mass is 284 g/mol. The molecule has 0 aliphatic carbocycles. The number of hydrogen-bond donors (Lipinski definition) is 1. The Bertz CT molecular complexity index is 695. The van der Waals surface area contributed by atoms with Gasteiger partial charge in [0.25, 0.3) is 0 Å². The zero-order valence-electron chi connectivity index (χ0n) is 11.1. The van der Waals surface area contributed by atoms with Gasteiger partial charge in [0.1, 0.15) is 0 Å². The van der Waals surface area contributed by atoms with E-state index in [9.17, 15) is 0 Å². The molecule has 0 bridgehead atoms. The second-order valence-corrected chi connectivity index (χ2v) is 5.63. The summed E-state index contributed by atoms with van der Waals surface area (Å²) in [5.41, 5.74) is 8.74. The van der Waals surface area contributed by atoms with Gasteiger partial charge in [0, 0.05) is 34.1 Å². The van der Waals surface area contributed by atoms with Gasteiger partial charge in [-0.2, -0.15) is 0 Å². The summed E-state index contributed by atoms with van der Waals surface area (Å²) in [6, 6.07) is 12.0. The van der Waals surface area contributed by atoms with Crippen LogP contribution in [0, 0.1) is 0 Å². The first kappa shape index (κ1) is 13.1. The summed E-state index contributed by atoms with van der Waals surface area (Å²) in [5.74, 6) is 0. The first-order valence-electron chi connectivity index (χ1n) is 6.57. The minimum Gasteiger partial charge on any atom is -0.398 e. The average Bonchev–Trinajstić information content (AvgIpc) is 2.99. The normalized spacial score (nSPS) is 11.0. The quantitative estimate of drug-likeness (QED) is 0.575. The van der Waals surface area contributed by atoms with Gasteiger partial charge in [-0.1, -0.05) is 12.1 Å². The summed E-state index contributed by atoms with van der Waals surface area (Å²) >= 11 is 1.76. The number of thiophene rings is 1. The SMILES string of the molecule is Nc1ccc(COCCc2cccs2)c2ncccc12. The van der Waals surface area contributed by atoms with Gasteiger partial charge in [0.15, 0.2) is 0 Å². The van der Waals surface area contributed by atoms with Crippen LogP contribution >= 0.6 is 11.3 Å². The van der Waals surface area contributed by atoms with Gasteiger partial charge < -0.3 is 10.5 Å². The van der Waals surface area contributed by atoms with Crippen molar-refractivity contribution in [2.75, 3.05) is 12.3 Å². The van der Waals surface area contributed by atoms with E-state index in [0.29, 0.717) is 6.61 Å². The third-order valence-corrected chi connectivity index (χ3v) is 4.15. The highest BCUT2D eigenvalue weighted by atomic mass is 32.1. The Balaban J connectivity index is 1.67. The molecule has 102 valence electrons. The molecule has 0 aliphatic heterocycles. The smallest absolute Gasteiger partial charge is 0.0777 e. The molecule has 4 heteroatoms. The van der Waals surface area contributed by atoms with E-state index >= 15 is 0 Å². The molecule has 0 saturated carbocycles. The second kappa shape index (κ2) is 6.03. The Morgan fingerprint density at radius 3 is 2.95 bits per heavy atom. The maximum atomic E-state index is 5.96. The molecule has 20 heavy (non-hydrogen) atoms. The maximum absolute atomic E-state index is 5.96. The van der Waals surface area contributed by atoms with Crippen molar-refractivity contribution < 1.29 is 4.74 Å². The molecule has 0 amide bonds. The number of aromatic nitrogens is 1. The fraction of sp³-hybridized carbons (Fsp3) is 0.188. The van der Waals surface area contributed by atoms with Crippen molar-refractivity contribution in [1.29, 1.82) is 0 Å². The topological polar surface area (TPSA) is 48.1 Å². The Hall–Kier alpha value is -1.91. The largest absolute Gasteiger partial charge is 0.398 e. The molecule has 2 N–H and O–H groups in total. The predicted molar refractivity (Wildman–Crippen MR) is 83.8 cm³/mol. The zero-order valence-corrected chi connectivity index (χ0v) is 11.9. The van der Waals surface area contributed by atoms with E-state index in [1.165, 1.54) is 4.88 Å². The van der Waals surface area contributed by atoms with Crippen molar-refractivity contribution in [2.24, 2.45) is 0 Å². The summed E-state index contributed by atoms with van der Waals surface area (Å²) < 4.78 is 5.77. The van der Waals surface area contributed by atoms with Crippen LogP contribution in [0.1, 0.15) is 10.4 Å². The summed E-state index contributed by atoms with van der Waals surface area (Å²) in [6.45, 7) is 1.29. The summed E-state index contributed by atoms with van der Waals surface area (Å²) in [4.78, 5) is 5.76. The number of nitrogens with zero attached hydrogens (tertiary/aromatic N) is 1. The molecule has 0 atom stereocenters. The molecule has 0 radical (unpaired) electrons. The van der Waals surface area contributed by atoms with Crippen molar-refractivity contribution in [3.8, 4) is 0 Å². The van der Waals surface area contributed by atoms with Crippen LogP contribution in [0.15, 0.2) is 48.0 Å². The Morgan fingerprint density at radius 2 is 2.10 bits per heavy atom. The van der Waals surface area contributed by atoms with Crippen LogP contribution in [0.5, 0.6) is 0 Å². The van der Waals surface area contributed by atoms with Crippen molar-refractivity contribution in [1.82, 2.24) is 4.98 Å². The van der Waals surface area contributed by atoms with E-state index in [4.69, 9.17) is 10.5 Å². The number of rotatable bonds is 5. The fourth-order valence-electron chi connectivity index (χ4n) is 2.18. The molecule has 0 saturated heterocycles. The van der Waals surface area contributed by atoms with Crippen molar-refractivity contribution in [2.45, 2.75) is 13.0 Å². The number of pyridine rings is 1. The van der Waals surface area contributed by atoms with Crippen LogP contribution in [0.2, 0.25) is 0 Å². The van der Waals surface area contributed by atoms with Gasteiger partial charge in [-0.25, -0.2) is 0 Å². The van der Waals surface area contributed by atoms with E-state index in [1.54, 1.807) is 17.5 Å². The lowest BCUT2D eigenvalue weighted by Crippen LogP contribution is -2.00. The van der Waals surface area contributed by atoms with Gasteiger partial charge in [0.05, 0.1) is 18.7 Å². The third-order valence-electron chi connectivity index (χ3n) is 3.22. The lowest BCUT2D eigenvalue weighted by Gasteiger charge is -2.08. The fourth-order valence-corrected chi connectivity index (χ4v) is 2.87. The van der Waals surface area contributed by atoms with E-state index in [1.807, 2.05) is 24.3 Å². The molecule has 3 rings (SSSR count). The van der Waals surface area contributed by atoms with E-state index in [-0.39, 0.29) is 0 Å². The number of hydrogen-bond acceptors (Lipinski definition) is 4. The van der Waals surface area contributed by atoms with Gasteiger partial charge in [-0.3, -0.25) is 4.98 Å². The Morgan fingerprint density at radius 1 is 1.15 bits per heavy atom. The number of ether oxygens (including phenoxy) is 1. The molecule has 3 nitrogen and oxygen atoms in total. The lowest BCUT2D eigenvalue weighted by molar-refractivity contribution is 0.125. The molecule has 2 aromatic heterocycles. The number of fused-ring (bicyclic) bond motifs is 1. The highest BCUT2D eigenvalue weighted by Crippen LogP contribution is 2.23. The van der Waals surface area contributed by atoms with Crippen LogP contribution in [0.4, 0.5) is 5.69 Å². The Kier molecular flexibility index (Phi) is 3.95. The number of benzene rings is 1.